The van der Waals surface area contributed by atoms with E-state index in [1.807, 2.05) is 24.4 Å². The molecule has 0 fully saturated rings. The third-order valence-electron chi connectivity index (χ3n) is 3.97. The van der Waals surface area contributed by atoms with Crippen molar-refractivity contribution >= 4 is 38.1 Å². The topological polar surface area (TPSA) is 76.7 Å². The van der Waals surface area contributed by atoms with Gasteiger partial charge < -0.3 is 11.1 Å². The summed E-state index contributed by atoms with van der Waals surface area (Å²) in [5, 5.41) is 14.9. The molecule has 126 valence electrons. The maximum absolute atomic E-state index is 5.93. The molecule has 0 saturated heterocycles. The molecular formula is C18H17N5S2. The van der Waals surface area contributed by atoms with Crippen LogP contribution in [0.2, 0.25) is 0 Å². The minimum Gasteiger partial charge on any atom is -0.356 e. The molecule has 0 aliphatic rings. The number of hydrogen-bond acceptors (Lipinski definition) is 7. The fourth-order valence-corrected chi connectivity index (χ4v) is 4.16. The molecule has 0 bridgehead atoms. The van der Waals surface area contributed by atoms with Gasteiger partial charge in [0.15, 0.2) is 0 Å². The van der Waals surface area contributed by atoms with Gasteiger partial charge in [-0.15, -0.1) is 10.2 Å². The van der Waals surface area contributed by atoms with E-state index in [9.17, 15) is 0 Å². The Kier molecular flexibility index (Phi) is 4.69. The fourth-order valence-electron chi connectivity index (χ4n) is 2.66. The van der Waals surface area contributed by atoms with Crippen molar-refractivity contribution in [3.8, 4) is 10.6 Å². The minimum atomic E-state index is 0.132. The summed E-state index contributed by atoms with van der Waals surface area (Å²) in [5.41, 5.74) is 8.25. The second-order valence-electron chi connectivity index (χ2n) is 5.76. The van der Waals surface area contributed by atoms with Crippen molar-refractivity contribution < 1.29 is 0 Å². The lowest BCUT2D eigenvalue weighted by Gasteiger charge is -2.15. The van der Waals surface area contributed by atoms with Gasteiger partial charge in [-0.2, -0.15) is 4.37 Å². The van der Waals surface area contributed by atoms with E-state index in [0.29, 0.717) is 6.54 Å². The first kappa shape index (κ1) is 16.1. The number of nitrogens with zero attached hydrogens (tertiary/aromatic N) is 3. The fraction of sp³-hybridized carbons (Fsp3) is 0.167. The molecule has 2 heterocycles. The highest BCUT2D eigenvalue weighted by Gasteiger charge is 2.12. The number of fused-ring (bicyclic) bond motifs is 1. The summed E-state index contributed by atoms with van der Waals surface area (Å²) in [6, 6.07) is 16.7. The third-order valence-corrected chi connectivity index (χ3v) is 5.63. The molecule has 7 heteroatoms. The number of nitrogens with two attached hydrogens (primary N) is 1. The highest BCUT2D eigenvalue weighted by atomic mass is 32.1. The maximum Gasteiger partial charge on any atom is 0.206 e. The summed E-state index contributed by atoms with van der Waals surface area (Å²) in [4.78, 5) is 0. The molecule has 3 N–H and O–H groups in total. The van der Waals surface area contributed by atoms with E-state index in [4.69, 9.17) is 5.73 Å². The molecule has 25 heavy (non-hydrogen) atoms. The van der Waals surface area contributed by atoms with Crippen LogP contribution >= 0.6 is 22.9 Å². The van der Waals surface area contributed by atoms with Crippen molar-refractivity contribution in [2.45, 2.75) is 12.5 Å². The zero-order valence-electron chi connectivity index (χ0n) is 13.4. The summed E-state index contributed by atoms with van der Waals surface area (Å²) in [6.07, 6.45) is 2.74. The average molecular weight is 368 g/mol. The first-order valence-corrected chi connectivity index (χ1v) is 9.59. The Hall–Kier alpha value is -2.35. The Morgan fingerprint density at radius 1 is 1.08 bits per heavy atom. The molecule has 0 radical (unpaired) electrons. The van der Waals surface area contributed by atoms with Crippen molar-refractivity contribution in [1.29, 1.82) is 0 Å². The van der Waals surface area contributed by atoms with Gasteiger partial charge in [-0.3, -0.25) is 0 Å². The lowest BCUT2D eigenvalue weighted by Crippen LogP contribution is -2.30. The quantitative estimate of drug-likeness (QED) is 0.542. The minimum absolute atomic E-state index is 0.132. The highest BCUT2D eigenvalue weighted by molar-refractivity contribution is 7.18. The van der Waals surface area contributed by atoms with E-state index in [1.165, 1.54) is 17.1 Å². The smallest absolute Gasteiger partial charge is 0.206 e. The Morgan fingerprint density at radius 3 is 2.80 bits per heavy atom. The predicted molar refractivity (Wildman–Crippen MR) is 105 cm³/mol. The van der Waals surface area contributed by atoms with Gasteiger partial charge >= 0.3 is 0 Å². The molecule has 0 saturated carbocycles. The largest absolute Gasteiger partial charge is 0.356 e. The number of aromatic nitrogens is 3. The van der Waals surface area contributed by atoms with Crippen LogP contribution in [-0.2, 0) is 6.42 Å². The Balaban J connectivity index is 1.50. The van der Waals surface area contributed by atoms with E-state index in [-0.39, 0.29) is 6.04 Å². The van der Waals surface area contributed by atoms with Crippen molar-refractivity contribution in [2.75, 3.05) is 11.9 Å². The summed E-state index contributed by atoms with van der Waals surface area (Å²) in [5.74, 6) is 0. The van der Waals surface area contributed by atoms with Crippen LogP contribution in [0.1, 0.15) is 5.56 Å². The van der Waals surface area contributed by atoms with E-state index in [1.54, 1.807) is 11.3 Å². The average Bonchev–Trinajstić information content (AvgIpc) is 3.30. The van der Waals surface area contributed by atoms with Gasteiger partial charge in [0, 0.05) is 29.7 Å². The molecule has 0 aliphatic carbocycles. The zero-order chi connectivity index (χ0) is 17.1. The molecule has 1 atom stereocenters. The summed E-state index contributed by atoms with van der Waals surface area (Å²) >= 11 is 3.04. The summed E-state index contributed by atoms with van der Waals surface area (Å²) in [7, 11) is 0. The van der Waals surface area contributed by atoms with E-state index in [0.717, 1.165) is 32.2 Å². The molecular weight excluding hydrogens is 350 g/mol. The Morgan fingerprint density at radius 2 is 1.96 bits per heavy atom. The van der Waals surface area contributed by atoms with Crippen molar-refractivity contribution in [3.63, 3.8) is 0 Å². The molecule has 0 aliphatic heterocycles. The second kappa shape index (κ2) is 7.26. The normalized spacial score (nSPS) is 12.4. The molecule has 0 unspecified atom stereocenters. The first-order valence-electron chi connectivity index (χ1n) is 8.00. The predicted octanol–water partition coefficient (Wildman–Crippen LogP) is 3.80. The SMILES string of the molecule is NC[C@@H](Cc1ccccc1)Nc1nnc(-c2ccc3cnsc3c2)s1. The molecule has 2 aromatic carbocycles. The van der Waals surface area contributed by atoms with Crippen molar-refractivity contribution in [2.24, 2.45) is 5.73 Å². The standard InChI is InChI=1S/C18H17N5S2/c19-10-15(8-12-4-2-1-3-5-12)21-18-23-22-17(24-18)13-6-7-14-11-20-25-16(14)9-13/h1-7,9,11,15H,8,10,19H2,(H,21,23)/t15-/m1/s1. The van der Waals surface area contributed by atoms with Crippen LogP contribution in [-0.4, -0.2) is 27.2 Å². The van der Waals surface area contributed by atoms with Gasteiger partial charge in [0.05, 0.1) is 4.70 Å². The number of rotatable bonds is 6. The van der Waals surface area contributed by atoms with Crippen LogP contribution < -0.4 is 11.1 Å². The molecule has 4 rings (SSSR count). The molecule has 5 nitrogen and oxygen atoms in total. The van der Waals surface area contributed by atoms with Gasteiger partial charge in [-0.25, -0.2) is 0 Å². The van der Waals surface area contributed by atoms with Crippen molar-refractivity contribution in [1.82, 2.24) is 14.6 Å². The third kappa shape index (κ3) is 3.68. The molecule has 4 aromatic rings. The van der Waals surface area contributed by atoms with Gasteiger partial charge in [0.25, 0.3) is 0 Å². The summed E-state index contributed by atoms with van der Waals surface area (Å²) < 4.78 is 5.37. The molecule has 0 amide bonds. The van der Waals surface area contributed by atoms with Gasteiger partial charge in [0.1, 0.15) is 5.01 Å². The lowest BCUT2D eigenvalue weighted by molar-refractivity contribution is 0.721. The van der Waals surface area contributed by atoms with Gasteiger partial charge in [-0.1, -0.05) is 53.8 Å². The second-order valence-corrected chi connectivity index (χ2v) is 7.57. The number of hydrogen-bond donors (Lipinski definition) is 2. The van der Waals surface area contributed by atoms with Crippen LogP contribution in [0, 0.1) is 0 Å². The van der Waals surface area contributed by atoms with Crippen LogP contribution in [0.25, 0.3) is 20.7 Å². The van der Waals surface area contributed by atoms with Gasteiger partial charge in [0.2, 0.25) is 5.13 Å². The van der Waals surface area contributed by atoms with Gasteiger partial charge in [-0.05, 0) is 29.6 Å². The Bertz CT molecular complexity index is 964. The Labute approximate surface area is 153 Å². The summed E-state index contributed by atoms with van der Waals surface area (Å²) in [6.45, 7) is 0.538. The monoisotopic (exact) mass is 367 g/mol. The van der Waals surface area contributed by atoms with E-state index < -0.39 is 0 Å². The molecule has 2 aromatic heterocycles. The maximum atomic E-state index is 5.93. The molecule has 0 spiro atoms. The number of anilines is 1. The van der Waals surface area contributed by atoms with Crippen LogP contribution in [0.15, 0.2) is 54.7 Å². The lowest BCUT2D eigenvalue weighted by atomic mass is 10.1. The van der Waals surface area contributed by atoms with Crippen molar-refractivity contribution in [3.05, 3.63) is 60.3 Å². The first-order chi connectivity index (χ1) is 12.3. The number of benzene rings is 2. The van der Waals surface area contributed by atoms with Crippen LogP contribution in [0.5, 0.6) is 0 Å². The van der Waals surface area contributed by atoms with E-state index >= 15 is 0 Å². The van der Waals surface area contributed by atoms with E-state index in [2.05, 4.69) is 50.2 Å². The highest BCUT2D eigenvalue weighted by Crippen LogP contribution is 2.30. The number of nitrogens with one attached hydrogen (secondary N) is 1. The van der Waals surface area contributed by atoms with Crippen LogP contribution in [0.3, 0.4) is 0 Å². The zero-order valence-corrected chi connectivity index (χ0v) is 15.1. The van der Waals surface area contributed by atoms with Crippen LogP contribution in [0.4, 0.5) is 5.13 Å².